The zero-order chi connectivity index (χ0) is 18.2. The molecule has 1 aliphatic rings. The highest BCUT2D eigenvalue weighted by molar-refractivity contribution is 5.81. The molecule has 1 aliphatic heterocycles. The lowest BCUT2D eigenvalue weighted by molar-refractivity contribution is 0.198. The van der Waals surface area contributed by atoms with Gasteiger partial charge in [-0.05, 0) is 49.0 Å². The predicted octanol–water partition coefficient (Wildman–Crippen LogP) is 3.96. The van der Waals surface area contributed by atoms with Crippen molar-refractivity contribution in [1.29, 1.82) is 0 Å². The average Bonchev–Trinajstić information content (AvgIpc) is 3.43. The Bertz CT molecular complexity index is 1070. The number of nitrogens with zero attached hydrogens (tertiary/aromatic N) is 5. The molecule has 1 atom stereocenters. The molecule has 0 bridgehead atoms. The van der Waals surface area contributed by atoms with Gasteiger partial charge in [0.15, 0.2) is 0 Å². The summed E-state index contributed by atoms with van der Waals surface area (Å²) < 4.78 is 7.89. The van der Waals surface area contributed by atoms with E-state index in [-0.39, 0.29) is 6.04 Å². The molecule has 6 heteroatoms. The second-order valence-electron chi connectivity index (χ2n) is 7.05. The van der Waals surface area contributed by atoms with Gasteiger partial charge in [-0.15, -0.1) is 0 Å². The average molecular weight is 359 g/mol. The van der Waals surface area contributed by atoms with E-state index >= 15 is 0 Å². The fourth-order valence-electron chi connectivity index (χ4n) is 3.97. The zero-order valence-corrected chi connectivity index (χ0v) is 15.2. The first-order chi connectivity index (χ1) is 13.3. The Morgan fingerprint density at radius 3 is 2.89 bits per heavy atom. The van der Waals surface area contributed by atoms with Crippen LogP contribution in [0.1, 0.15) is 30.5 Å². The van der Waals surface area contributed by atoms with Gasteiger partial charge in [-0.25, -0.2) is 0 Å². The number of likely N-dealkylation sites (tertiary alicyclic amines) is 1. The SMILES string of the molecule is Cn1c(CN2CCCC2c2nc(-c3ccccn3)no2)cc2ccccc21. The molecule has 1 aromatic carbocycles. The molecule has 0 amide bonds. The largest absolute Gasteiger partial charge is 0.346 e. The Balaban J connectivity index is 1.40. The Morgan fingerprint density at radius 1 is 1.15 bits per heavy atom. The molecule has 27 heavy (non-hydrogen) atoms. The molecule has 1 saturated heterocycles. The molecule has 0 radical (unpaired) electrons. The summed E-state index contributed by atoms with van der Waals surface area (Å²) in [5, 5.41) is 5.42. The van der Waals surface area contributed by atoms with Crippen LogP contribution in [-0.4, -0.2) is 31.1 Å². The van der Waals surface area contributed by atoms with Gasteiger partial charge in [0.1, 0.15) is 5.69 Å². The Morgan fingerprint density at radius 2 is 2.04 bits per heavy atom. The van der Waals surface area contributed by atoms with Gasteiger partial charge in [-0.2, -0.15) is 4.98 Å². The minimum atomic E-state index is 0.160. The van der Waals surface area contributed by atoms with Crippen LogP contribution in [0.3, 0.4) is 0 Å². The minimum Gasteiger partial charge on any atom is -0.346 e. The fraction of sp³-hybridized carbons (Fsp3) is 0.286. The number of rotatable bonds is 4. The van der Waals surface area contributed by atoms with Crippen LogP contribution in [0.25, 0.3) is 22.4 Å². The van der Waals surface area contributed by atoms with Gasteiger partial charge in [-0.3, -0.25) is 9.88 Å². The topological polar surface area (TPSA) is 60.0 Å². The van der Waals surface area contributed by atoms with Crippen LogP contribution >= 0.6 is 0 Å². The standard InChI is InChI=1S/C21H21N5O/c1-25-16(13-15-7-2-3-9-18(15)25)14-26-12-6-10-19(26)21-23-20(24-27-21)17-8-4-5-11-22-17/h2-5,7-9,11,13,19H,6,10,12,14H2,1H3. The van der Waals surface area contributed by atoms with Gasteiger partial charge < -0.3 is 9.09 Å². The monoisotopic (exact) mass is 359 g/mol. The molecule has 0 saturated carbocycles. The first-order valence-corrected chi connectivity index (χ1v) is 9.32. The van der Waals surface area contributed by atoms with Crippen LogP contribution in [0.2, 0.25) is 0 Å². The molecule has 1 fully saturated rings. The van der Waals surface area contributed by atoms with Crippen LogP contribution in [0.4, 0.5) is 0 Å². The second kappa shape index (κ2) is 6.63. The number of aryl methyl sites for hydroxylation is 1. The Labute approximate surface area is 157 Å². The molecule has 0 N–H and O–H groups in total. The summed E-state index contributed by atoms with van der Waals surface area (Å²) in [6.45, 7) is 1.91. The van der Waals surface area contributed by atoms with Gasteiger partial charge in [-0.1, -0.05) is 29.4 Å². The third-order valence-corrected chi connectivity index (χ3v) is 5.40. The summed E-state index contributed by atoms with van der Waals surface area (Å²) in [5.74, 6) is 1.24. The van der Waals surface area contributed by atoms with Gasteiger partial charge >= 0.3 is 0 Å². The van der Waals surface area contributed by atoms with Crippen molar-refractivity contribution in [2.75, 3.05) is 6.54 Å². The lowest BCUT2D eigenvalue weighted by Crippen LogP contribution is -2.24. The van der Waals surface area contributed by atoms with Crippen LogP contribution in [-0.2, 0) is 13.6 Å². The number of benzene rings is 1. The number of hydrogen-bond acceptors (Lipinski definition) is 5. The maximum Gasteiger partial charge on any atom is 0.244 e. The molecule has 5 rings (SSSR count). The normalized spacial score (nSPS) is 17.7. The van der Waals surface area contributed by atoms with E-state index in [1.54, 1.807) is 6.20 Å². The van der Waals surface area contributed by atoms with Crippen molar-refractivity contribution in [2.24, 2.45) is 7.05 Å². The highest BCUT2D eigenvalue weighted by Gasteiger charge is 2.31. The number of hydrogen-bond donors (Lipinski definition) is 0. The summed E-state index contributed by atoms with van der Waals surface area (Å²) in [7, 11) is 2.13. The van der Waals surface area contributed by atoms with Crippen molar-refractivity contribution < 1.29 is 4.52 Å². The van der Waals surface area contributed by atoms with E-state index in [1.807, 2.05) is 18.2 Å². The first-order valence-electron chi connectivity index (χ1n) is 9.32. The first kappa shape index (κ1) is 16.2. The molecule has 1 unspecified atom stereocenters. The maximum atomic E-state index is 5.61. The van der Waals surface area contributed by atoms with E-state index in [9.17, 15) is 0 Å². The minimum absolute atomic E-state index is 0.160. The third kappa shape index (κ3) is 2.92. The molecule has 0 spiro atoms. The van der Waals surface area contributed by atoms with Crippen LogP contribution in [0.5, 0.6) is 0 Å². The van der Waals surface area contributed by atoms with E-state index in [2.05, 4.69) is 62.0 Å². The van der Waals surface area contributed by atoms with E-state index in [0.717, 1.165) is 31.6 Å². The van der Waals surface area contributed by atoms with E-state index in [0.29, 0.717) is 11.7 Å². The van der Waals surface area contributed by atoms with Crippen molar-refractivity contribution in [3.8, 4) is 11.5 Å². The lowest BCUT2D eigenvalue weighted by Gasteiger charge is -2.21. The van der Waals surface area contributed by atoms with Gasteiger partial charge in [0.25, 0.3) is 0 Å². The smallest absolute Gasteiger partial charge is 0.244 e. The number of para-hydroxylation sites is 1. The second-order valence-corrected chi connectivity index (χ2v) is 7.05. The third-order valence-electron chi connectivity index (χ3n) is 5.40. The van der Waals surface area contributed by atoms with Crippen molar-refractivity contribution >= 4 is 10.9 Å². The van der Waals surface area contributed by atoms with Crippen LogP contribution in [0.15, 0.2) is 59.3 Å². The molecular formula is C21H21N5O. The number of pyridine rings is 1. The molecule has 4 aromatic rings. The maximum absolute atomic E-state index is 5.61. The number of fused-ring (bicyclic) bond motifs is 1. The van der Waals surface area contributed by atoms with Crippen molar-refractivity contribution in [1.82, 2.24) is 24.6 Å². The van der Waals surface area contributed by atoms with Crippen molar-refractivity contribution in [3.63, 3.8) is 0 Å². The molecule has 6 nitrogen and oxygen atoms in total. The Hall–Kier alpha value is -2.99. The molecule has 4 heterocycles. The van der Waals surface area contributed by atoms with Crippen LogP contribution < -0.4 is 0 Å². The molecule has 3 aromatic heterocycles. The molecular weight excluding hydrogens is 338 g/mol. The van der Waals surface area contributed by atoms with Crippen molar-refractivity contribution in [3.05, 3.63) is 66.3 Å². The van der Waals surface area contributed by atoms with Gasteiger partial charge in [0.2, 0.25) is 11.7 Å². The summed E-state index contributed by atoms with van der Waals surface area (Å²) in [6, 6.07) is 16.6. The van der Waals surface area contributed by atoms with Crippen LogP contribution in [0, 0.1) is 0 Å². The zero-order valence-electron chi connectivity index (χ0n) is 15.2. The van der Waals surface area contributed by atoms with Gasteiger partial charge in [0, 0.05) is 31.0 Å². The van der Waals surface area contributed by atoms with E-state index < -0.39 is 0 Å². The summed E-state index contributed by atoms with van der Waals surface area (Å²) >= 11 is 0. The highest BCUT2D eigenvalue weighted by atomic mass is 16.5. The summed E-state index contributed by atoms with van der Waals surface area (Å²) in [4.78, 5) is 11.4. The lowest BCUT2D eigenvalue weighted by atomic mass is 10.2. The number of aromatic nitrogens is 4. The fourth-order valence-corrected chi connectivity index (χ4v) is 3.97. The van der Waals surface area contributed by atoms with E-state index in [1.165, 1.54) is 16.6 Å². The van der Waals surface area contributed by atoms with E-state index in [4.69, 9.17) is 4.52 Å². The summed E-state index contributed by atoms with van der Waals surface area (Å²) in [6.07, 6.45) is 3.91. The molecule has 0 aliphatic carbocycles. The highest BCUT2D eigenvalue weighted by Crippen LogP contribution is 2.33. The Kier molecular flexibility index (Phi) is 3.98. The molecule has 136 valence electrons. The predicted molar refractivity (Wildman–Crippen MR) is 103 cm³/mol. The quantitative estimate of drug-likeness (QED) is 0.552. The van der Waals surface area contributed by atoms with Gasteiger partial charge in [0.05, 0.1) is 6.04 Å². The summed E-state index contributed by atoms with van der Waals surface area (Å²) in [5.41, 5.74) is 3.30. The van der Waals surface area contributed by atoms with Crippen molar-refractivity contribution in [2.45, 2.75) is 25.4 Å².